The van der Waals surface area contributed by atoms with Crippen LogP contribution in [0.5, 0.6) is 11.5 Å². The van der Waals surface area contributed by atoms with Crippen LogP contribution in [0.2, 0.25) is 0 Å². The average Bonchev–Trinajstić information content (AvgIpc) is 2.58. The fraction of sp³-hybridized carbons (Fsp3) is 0.167. The normalized spacial score (nSPS) is 10.7. The summed E-state index contributed by atoms with van der Waals surface area (Å²) in [7, 11) is 3.11. The number of hydrogen-bond acceptors (Lipinski definition) is 3. The molecule has 2 aromatic carbocycles. The van der Waals surface area contributed by atoms with Crippen molar-refractivity contribution in [3.8, 4) is 11.5 Å². The number of ether oxygens (including phenoxy) is 2. The molecule has 0 aliphatic heterocycles. The summed E-state index contributed by atoms with van der Waals surface area (Å²) in [5.74, 6) is 0.568. The maximum Gasteiger partial charge on any atom is 0.244 e. The Labute approximate surface area is 148 Å². The van der Waals surface area contributed by atoms with Gasteiger partial charge in [0.15, 0.2) is 11.5 Å². The van der Waals surface area contributed by atoms with E-state index in [-0.39, 0.29) is 11.7 Å². The highest BCUT2D eigenvalue weighted by atomic mass is 79.9. The van der Waals surface area contributed by atoms with Gasteiger partial charge in [0.05, 0.1) is 14.2 Å². The van der Waals surface area contributed by atoms with Gasteiger partial charge >= 0.3 is 0 Å². The van der Waals surface area contributed by atoms with Crippen molar-refractivity contribution in [1.82, 2.24) is 5.32 Å². The van der Waals surface area contributed by atoms with Crippen molar-refractivity contribution in [2.75, 3.05) is 14.2 Å². The molecule has 24 heavy (non-hydrogen) atoms. The Hall–Kier alpha value is -2.34. The van der Waals surface area contributed by atoms with E-state index in [4.69, 9.17) is 9.47 Å². The quantitative estimate of drug-likeness (QED) is 0.756. The van der Waals surface area contributed by atoms with Crippen LogP contribution >= 0.6 is 15.9 Å². The SMILES string of the molecule is COc1cc(Br)c(CNC(=O)C=Cc2cccc(F)c2)cc1OC. The molecule has 1 amide bonds. The number of hydrogen-bond donors (Lipinski definition) is 1. The Kier molecular flexibility index (Phi) is 6.37. The number of carbonyl (C=O) groups is 1. The second-order valence-corrected chi connectivity index (χ2v) is 5.76. The van der Waals surface area contributed by atoms with E-state index < -0.39 is 0 Å². The summed E-state index contributed by atoms with van der Waals surface area (Å²) in [4.78, 5) is 11.9. The highest BCUT2D eigenvalue weighted by Crippen LogP contribution is 2.33. The van der Waals surface area contributed by atoms with Crippen molar-refractivity contribution in [1.29, 1.82) is 0 Å². The van der Waals surface area contributed by atoms with Crippen LogP contribution in [-0.4, -0.2) is 20.1 Å². The molecule has 1 N–H and O–H groups in total. The van der Waals surface area contributed by atoms with E-state index in [2.05, 4.69) is 21.2 Å². The van der Waals surface area contributed by atoms with Gasteiger partial charge in [-0.05, 0) is 41.5 Å². The highest BCUT2D eigenvalue weighted by molar-refractivity contribution is 9.10. The van der Waals surface area contributed by atoms with Gasteiger partial charge in [0.1, 0.15) is 5.82 Å². The van der Waals surface area contributed by atoms with E-state index in [1.807, 2.05) is 0 Å². The Morgan fingerprint density at radius 3 is 2.58 bits per heavy atom. The summed E-state index contributed by atoms with van der Waals surface area (Å²) in [6, 6.07) is 9.59. The third kappa shape index (κ3) is 4.83. The third-order valence-electron chi connectivity index (χ3n) is 3.28. The van der Waals surface area contributed by atoms with Crippen molar-refractivity contribution in [2.24, 2.45) is 0 Å². The minimum Gasteiger partial charge on any atom is -0.493 e. The lowest BCUT2D eigenvalue weighted by Crippen LogP contribution is -2.20. The zero-order chi connectivity index (χ0) is 17.5. The van der Waals surface area contributed by atoms with Crippen LogP contribution in [0, 0.1) is 5.82 Å². The maximum absolute atomic E-state index is 13.1. The molecule has 0 unspecified atom stereocenters. The standard InChI is InChI=1S/C18H17BrFNO3/c1-23-16-9-13(15(19)10-17(16)24-2)11-21-18(22)7-6-12-4-3-5-14(20)8-12/h3-10H,11H2,1-2H3,(H,21,22). The first kappa shape index (κ1) is 18.0. The van der Waals surface area contributed by atoms with Gasteiger partial charge in [-0.1, -0.05) is 28.1 Å². The van der Waals surface area contributed by atoms with Gasteiger partial charge in [-0.25, -0.2) is 4.39 Å². The molecule has 0 spiro atoms. The van der Waals surface area contributed by atoms with Crippen molar-refractivity contribution in [3.05, 3.63) is 63.9 Å². The molecule has 0 radical (unpaired) electrons. The lowest BCUT2D eigenvalue weighted by atomic mass is 10.2. The zero-order valence-electron chi connectivity index (χ0n) is 13.3. The van der Waals surface area contributed by atoms with E-state index in [9.17, 15) is 9.18 Å². The van der Waals surface area contributed by atoms with Gasteiger partial charge in [-0.15, -0.1) is 0 Å². The number of carbonyl (C=O) groups excluding carboxylic acids is 1. The molecule has 0 aliphatic carbocycles. The first-order chi connectivity index (χ1) is 11.5. The summed E-state index contributed by atoms with van der Waals surface area (Å²) in [5.41, 5.74) is 1.47. The fourth-order valence-electron chi connectivity index (χ4n) is 2.06. The smallest absolute Gasteiger partial charge is 0.244 e. The van der Waals surface area contributed by atoms with Crippen molar-refractivity contribution < 1.29 is 18.7 Å². The molecule has 2 aromatic rings. The van der Waals surface area contributed by atoms with Crippen LogP contribution in [0.4, 0.5) is 4.39 Å². The Morgan fingerprint density at radius 1 is 1.21 bits per heavy atom. The number of nitrogens with one attached hydrogen (secondary N) is 1. The van der Waals surface area contributed by atoms with E-state index in [0.29, 0.717) is 23.6 Å². The van der Waals surface area contributed by atoms with Gasteiger partial charge < -0.3 is 14.8 Å². The number of halogens is 2. The Bertz CT molecular complexity index is 762. The second kappa shape index (κ2) is 8.49. The summed E-state index contributed by atoms with van der Waals surface area (Å²) in [6.45, 7) is 0.313. The second-order valence-electron chi connectivity index (χ2n) is 4.90. The molecule has 0 aliphatic rings. The summed E-state index contributed by atoms with van der Waals surface area (Å²) in [6.07, 6.45) is 2.92. The number of amides is 1. The lowest BCUT2D eigenvalue weighted by molar-refractivity contribution is -0.116. The van der Waals surface area contributed by atoms with Crippen LogP contribution < -0.4 is 14.8 Å². The topological polar surface area (TPSA) is 47.6 Å². The minimum absolute atomic E-state index is 0.277. The maximum atomic E-state index is 13.1. The molecule has 0 atom stereocenters. The van der Waals surface area contributed by atoms with Gasteiger partial charge in [0.25, 0.3) is 0 Å². The van der Waals surface area contributed by atoms with Crippen LogP contribution in [0.1, 0.15) is 11.1 Å². The van der Waals surface area contributed by atoms with E-state index in [1.54, 1.807) is 44.6 Å². The van der Waals surface area contributed by atoms with Gasteiger partial charge in [0, 0.05) is 17.1 Å². The van der Waals surface area contributed by atoms with Crippen molar-refractivity contribution >= 4 is 27.9 Å². The van der Waals surface area contributed by atoms with E-state index in [0.717, 1.165) is 10.0 Å². The monoisotopic (exact) mass is 393 g/mol. The molecule has 0 saturated carbocycles. The number of benzene rings is 2. The Morgan fingerprint density at radius 2 is 1.92 bits per heavy atom. The van der Waals surface area contributed by atoms with Gasteiger partial charge in [0.2, 0.25) is 5.91 Å². The average molecular weight is 394 g/mol. The summed E-state index contributed by atoms with van der Waals surface area (Å²) < 4.78 is 24.3. The molecule has 126 valence electrons. The fourth-order valence-corrected chi connectivity index (χ4v) is 2.52. The lowest BCUT2D eigenvalue weighted by Gasteiger charge is -2.12. The third-order valence-corrected chi connectivity index (χ3v) is 4.02. The predicted octanol–water partition coefficient (Wildman–Crippen LogP) is 3.94. The van der Waals surface area contributed by atoms with E-state index >= 15 is 0 Å². The van der Waals surface area contributed by atoms with Crippen molar-refractivity contribution in [2.45, 2.75) is 6.54 Å². The summed E-state index contributed by atoms with van der Waals surface area (Å²) >= 11 is 3.44. The van der Waals surface area contributed by atoms with Crippen LogP contribution in [0.15, 0.2) is 46.9 Å². The molecular formula is C18H17BrFNO3. The van der Waals surface area contributed by atoms with Gasteiger partial charge in [-0.2, -0.15) is 0 Å². The Balaban J connectivity index is 2.01. The number of methoxy groups -OCH3 is 2. The predicted molar refractivity (Wildman–Crippen MR) is 94.5 cm³/mol. The van der Waals surface area contributed by atoms with E-state index in [1.165, 1.54) is 18.2 Å². The molecular weight excluding hydrogens is 377 g/mol. The molecule has 2 rings (SSSR count). The minimum atomic E-state index is -0.341. The molecule has 6 heteroatoms. The zero-order valence-corrected chi connectivity index (χ0v) is 14.9. The first-order valence-corrected chi connectivity index (χ1v) is 7.94. The molecule has 4 nitrogen and oxygen atoms in total. The number of rotatable bonds is 6. The van der Waals surface area contributed by atoms with Gasteiger partial charge in [-0.3, -0.25) is 4.79 Å². The largest absolute Gasteiger partial charge is 0.493 e. The molecule has 0 fully saturated rings. The molecule has 0 bridgehead atoms. The van der Waals surface area contributed by atoms with Crippen LogP contribution in [0.3, 0.4) is 0 Å². The molecule has 0 heterocycles. The summed E-state index contributed by atoms with van der Waals surface area (Å²) in [5, 5.41) is 2.77. The molecule has 0 saturated heterocycles. The first-order valence-electron chi connectivity index (χ1n) is 7.15. The molecule has 0 aromatic heterocycles. The van der Waals surface area contributed by atoms with Crippen molar-refractivity contribution in [3.63, 3.8) is 0 Å². The van der Waals surface area contributed by atoms with Crippen LogP contribution in [0.25, 0.3) is 6.08 Å². The van der Waals surface area contributed by atoms with Crippen LogP contribution in [-0.2, 0) is 11.3 Å². The highest BCUT2D eigenvalue weighted by Gasteiger charge is 2.10.